The molecule has 0 radical (unpaired) electrons. The maximum Gasteiger partial charge on any atom is 0.245 e. The molecule has 0 aliphatic carbocycles. The van der Waals surface area contributed by atoms with Crippen LogP contribution < -0.4 is 57.8 Å². The minimum Gasteiger partial charge on any atom is -0.392 e. The first-order chi connectivity index (χ1) is 61.7. The predicted molar refractivity (Wildman–Crippen MR) is 508 cm³/mol. The molecule has 8 aromatic carbocycles. The zero-order valence-electron chi connectivity index (χ0n) is 75.6. The monoisotopic (exact) mass is 1860 g/mol. The highest BCUT2D eigenvalue weighted by atomic mass is 28.3. The normalized spacial score (nSPS) is 18.9. The van der Waals surface area contributed by atoms with Crippen molar-refractivity contribution >= 4 is 139 Å². The molecule has 12 aromatic rings. The molecule has 4 saturated heterocycles. The van der Waals surface area contributed by atoms with Crippen LogP contribution >= 0.6 is 0 Å². The van der Waals surface area contributed by atoms with E-state index in [2.05, 4.69) is 139 Å². The molecule has 0 spiro atoms. The molecule has 34 heteroatoms. The Morgan fingerprint density at radius 3 is 0.931 bits per heavy atom. The van der Waals surface area contributed by atoms with Crippen LogP contribution in [0, 0.1) is 55.7 Å². The zero-order chi connectivity index (χ0) is 94.9. The van der Waals surface area contributed by atoms with Crippen LogP contribution in [0.4, 0.5) is 26.3 Å². The van der Waals surface area contributed by atoms with E-state index in [1.54, 1.807) is 12.1 Å². The largest absolute Gasteiger partial charge is 0.392 e. The topological polar surface area (TPSA) is 377 Å². The van der Waals surface area contributed by atoms with Gasteiger partial charge in [0.2, 0.25) is 47.3 Å². The molecule has 0 bridgehead atoms. The van der Waals surface area contributed by atoms with Gasteiger partial charge in [0, 0.05) is 107 Å². The zero-order valence-corrected chi connectivity index (χ0v) is 79.6. The SMILES string of the molecule is C[Si](C)(C)c1ccc(-c2[nH]c3c(F)cc(F)cc3c2CCC(=O)N[C@@H]2C(=O)NC[C@H]2O)cc1.Cc1ccc(-c2[nH]c3c(F)cc(F)cc3c2CCC(=O)N[C@@H]2C(=O)N[Si](C)(C)[C@H]2O)cc1.Cc1ccc(-c2[nH]c3c(F)cc([Si](C)(C)C)cc3c2CCC(=O)N[C@@H]2C(=O)NC[C@H]2O)cc1.Cc1ccc(-c2[nH]c3c([Si](C)(C)C)cc(F)cc3c2CCC(=O)N[C@@H]2C(=O)NC[C@H]2O)cc1. The van der Waals surface area contributed by atoms with E-state index >= 15 is 4.39 Å². The van der Waals surface area contributed by atoms with E-state index in [0.717, 1.165) is 100 Å². The molecule has 4 fully saturated rings. The number of carbonyl (C=O) groups is 8. The predicted octanol–water partition coefficient (Wildman–Crippen LogP) is 11.1. The molecule has 8 heterocycles. The number of carbonyl (C=O) groups excluding carboxylic acids is 8. The lowest BCUT2D eigenvalue weighted by Crippen LogP contribution is -2.52. The Balaban J connectivity index is 0.000000149. The number of amides is 8. The van der Waals surface area contributed by atoms with Gasteiger partial charge in [0.1, 0.15) is 77.4 Å². The molecular formula is C97H112F6N12O12Si4. The average Bonchev–Trinajstić information content (AvgIpc) is 1.61. The van der Waals surface area contributed by atoms with Crippen LogP contribution in [-0.4, -0.2) is 188 Å². The molecule has 4 aliphatic rings. The Morgan fingerprint density at radius 1 is 0.359 bits per heavy atom. The quantitative estimate of drug-likeness (QED) is 0.0210. The number of halogens is 6. The number of benzene rings is 8. The number of aryl methyl sites for hydroxylation is 7. The molecule has 0 saturated carbocycles. The molecule has 131 heavy (non-hydrogen) atoms. The Kier molecular flexibility index (Phi) is 28.9. The smallest absolute Gasteiger partial charge is 0.245 e. The van der Waals surface area contributed by atoms with Crippen molar-refractivity contribution in [2.45, 2.75) is 192 Å². The van der Waals surface area contributed by atoms with Crippen LogP contribution in [0.3, 0.4) is 0 Å². The first kappa shape index (κ1) is 96.5. The summed E-state index contributed by atoms with van der Waals surface area (Å²) in [7, 11) is -7.50. The second kappa shape index (κ2) is 39.2. The van der Waals surface area contributed by atoms with Gasteiger partial charge in [0.15, 0.2) is 8.24 Å². The fourth-order valence-corrected chi connectivity index (χ4v) is 22.8. The molecular weight excluding hydrogens is 1750 g/mol. The summed E-state index contributed by atoms with van der Waals surface area (Å²) in [4.78, 5) is 114. The molecule has 4 aliphatic heterocycles. The summed E-state index contributed by atoms with van der Waals surface area (Å²) in [6.45, 7) is 29.7. The Morgan fingerprint density at radius 2 is 0.641 bits per heavy atom. The second-order valence-corrected chi connectivity index (χ2v) is 57.5. The van der Waals surface area contributed by atoms with Crippen LogP contribution in [0.15, 0.2) is 146 Å². The third kappa shape index (κ3) is 22.1. The molecule has 690 valence electrons. The summed E-state index contributed by atoms with van der Waals surface area (Å²) < 4.78 is 86.8. The number of fused-ring (bicyclic) bond motifs is 4. The molecule has 8 amide bonds. The van der Waals surface area contributed by atoms with Gasteiger partial charge in [-0.25, -0.2) is 26.3 Å². The van der Waals surface area contributed by atoms with E-state index in [1.807, 2.05) is 119 Å². The van der Waals surface area contributed by atoms with E-state index < -0.39 is 122 Å². The first-order valence-electron chi connectivity index (χ1n) is 43.7. The molecule has 0 unspecified atom stereocenters. The summed E-state index contributed by atoms with van der Waals surface area (Å²) in [5.74, 6) is -6.49. The lowest BCUT2D eigenvalue weighted by molar-refractivity contribution is -0.128. The van der Waals surface area contributed by atoms with E-state index in [-0.39, 0.29) is 110 Å². The maximum absolute atomic E-state index is 15.1. The molecule has 16 rings (SSSR count). The Bertz CT molecular complexity index is 6330. The average molecular weight is 1860 g/mol. The van der Waals surface area contributed by atoms with Gasteiger partial charge in [-0.15, -0.1) is 0 Å². The number of aromatic amines is 4. The minimum absolute atomic E-state index is 0.0115. The standard InChI is InChI=1S/2C25H30FN3O3Si.C24H27F2N3O3Si.C23H25F2N3O3Si/c1-14-5-7-15(8-6-14)22-17(9-10-21(31)28-24-19(30)13-27-25(24)32)18-11-16(26)12-20(23(18)29-22)33(2,3)4;1-14-5-7-15(8-6-14)22-17(9-10-21(31)28-24-20(30)13-27-25(24)32)18-11-16(33(2,3)4)12-19(26)23(18)29-22;1-33(2,3)15-6-4-13(5-7-15)21-16(17-10-14(25)11-18(26)22(17)29-21)8-9-20(31)28-23-19(30)12-27-24(23)32;1-12-4-6-13(7-5-12)19-15(16-10-14(24)11-17(25)20(16)27-19)8-9-18(29)26-21-22(30)28-32(2,3)23(21)31/h5-8,11-12,19,24,29-30H,9-10,13H2,1-4H3,(H,27,32)(H,28,31);5-8,11-12,20,24,29-30H,9-10,13H2,1-4H3,(H,27,32)(H,28,31);4-7,10-11,19,23,29-30H,8-9,12H2,1-3H3,(H,27,32)(H,28,31);4-7,10-11,21,23,27,31H,8-9H2,1-3H3,(H,26,29)(H,28,30)/t19-,24+;20-,24+;19-,23+;21-,23-/m1111/s1. The van der Waals surface area contributed by atoms with Crippen LogP contribution in [0.2, 0.25) is 72.0 Å². The lowest BCUT2D eigenvalue weighted by atomic mass is 10.00. The van der Waals surface area contributed by atoms with Gasteiger partial charge in [-0.05, 0) is 140 Å². The van der Waals surface area contributed by atoms with Crippen LogP contribution in [0.5, 0.6) is 0 Å². The van der Waals surface area contributed by atoms with Crippen molar-refractivity contribution in [3.8, 4) is 45.0 Å². The van der Waals surface area contributed by atoms with Crippen molar-refractivity contribution in [2.24, 2.45) is 0 Å². The number of rotatable bonds is 23. The van der Waals surface area contributed by atoms with Gasteiger partial charge in [0.25, 0.3) is 0 Å². The Hall–Kier alpha value is -12.0. The molecule has 24 nitrogen and oxygen atoms in total. The molecule has 16 N–H and O–H groups in total. The number of nitrogens with one attached hydrogen (secondary N) is 12. The molecule has 8 atom stereocenters. The number of hydrogen-bond donors (Lipinski definition) is 16. The van der Waals surface area contributed by atoms with Gasteiger partial charge >= 0.3 is 0 Å². The van der Waals surface area contributed by atoms with Gasteiger partial charge in [-0.2, -0.15) is 0 Å². The van der Waals surface area contributed by atoms with Crippen molar-refractivity contribution in [1.82, 2.24) is 62.1 Å². The number of H-pyrrole nitrogens is 4. The van der Waals surface area contributed by atoms with Gasteiger partial charge in [0.05, 0.1) is 46.5 Å². The second-order valence-electron chi connectivity index (χ2n) is 38.0. The minimum atomic E-state index is -2.37. The van der Waals surface area contributed by atoms with Crippen molar-refractivity contribution in [3.05, 3.63) is 219 Å². The van der Waals surface area contributed by atoms with E-state index in [9.17, 15) is 80.7 Å². The van der Waals surface area contributed by atoms with Crippen LogP contribution in [0.1, 0.15) is 64.6 Å². The van der Waals surface area contributed by atoms with E-state index in [0.29, 0.717) is 51.6 Å². The highest BCUT2D eigenvalue weighted by molar-refractivity contribution is 6.90. The van der Waals surface area contributed by atoms with Gasteiger partial charge in [-0.1, -0.05) is 189 Å². The van der Waals surface area contributed by atoms with Gasteiger partial charge < -0.3 is 82.6 Å². The number of aromatic nitrogens is 4. The third-order valence-corrected chi connectivity index (χ3v) is 33.3. The fraction of sp³-hybridized carbons (Fsp3) is 0.340. The van der Waals surface area contributed by atoms with Crippen molar-refractivity contribution in [3.63, 3.8) is 0 Å². The number of aliphatic hydroxyl groups is 4. The van der Waals surface area contributed by atoms with Crippen LogP contribution in [-0.2, 0) is 64.0 Å². The summed E-state index contributed by atoms with van der Waals surface area (Å²) in [6.07, 6.45) is -1.53. The van der Waals surface area contributed by atoms with Crippen molar-refractivity contribution in [2.75, 3.05) is 19.6 Å². The Labute approximate surface area is 758 Å². The highest BCUT2D eigenvalue weighted by Crippen LogP contribution is 2.39. The molecule has 4 aromatic heterocycles. The van der Waals surface area contributed by atoms with Crippen molar-refractivity contribution < 1.29 is 85.1 Å². The van der Waals surface area contributed by atoms with E-state index in [4.69, 9.17) is 0 Å². The fourth-order valence-electron chi connectivity index (χ4n) is 16.9. The number of aliphatic hydroxyl groups excluding tert-OH is 4. The lowest BCUT2D eigenvalue weighted by Gasteiger charge is -2.21. The number of hydrogen-bond acceptors (Lipinski definition) is 12. The summed E-state index contributed by atoms with van der Waals surface area (Å²) in [6, 6.07) is 38.8. The van der Waals surface area contributed by atoms with Crippen molar-refractivity contribution in [1.29, 1.82) is 0 Å². The van der Waals surface area contributed by atoms with E-state index in [1.165, 1.54) is 23.4 Å². The summed E-state index contributed by atoms with van der Waals surface area (Å²) in [5, 5.41) is 63.6. The van der Waals surface area contributed by atoms with Crippen LogP contribution in [0.25, 0.3) is 88.6 Å². The maximum atomic E-state index is 15.1. The summed E-state index contributed by atoms with van der Waals surface area (Å²) >= 11 is 0. The first-order valence-corrected chi connectivity index (χ1v) is 57.3. The van der Waals surface area contributed by atoms with Gasteiger partial charge in [-0.3, -0.25) is 38.4 Å². The number of β-amino-alcohol motifs (C(OH)–C–C–N with tert-alkyl or cyclic N) is 3. The highest BCUT2D eigenvalue weighted by Gasteiger charge is 2.49. The third-order valence-electron chi connectivity index (χ3n) is 24.5. The summed E-state index contributed by atoms with van der Waals surface area (Å²) in [5.41, 5.74) is 13.5.